The first-order chi connectivity index (χ1) is 36.4. The maximum Gasteiger partial charge on any atom is 0.337 e. The first kappa shape index (κ1) is 54.5. The van der Waals surface area contributed by atoms with E-state index >= 15 is 0 Å². The summed E-state index contributed by atoms with van der Waals surface area (Å²) in [7, 11) is 1.36. The van der Waals surface area contributed by atoms with E-state index in [-0.39, 0.29) is 13.4 Å². The van der Waals surface area contributed by atoms with Crippen LogP contribution in [0.15, 0.2) is 169 Å². The normalized spacial score (nSPS) is 10.1. The van der Waals surface area contributed by atoms with Gasteiger partial charge in [0.1, 0.15) is 22.1 Å². The number of amides is 1. The van der Waals surface area contributed by atoms with Crippen LogP contribution >= 0.6 is 15.9 Å². The molecule has 0 spiro atoms. The number of halogens is 1. The maximum absolute atomic E-state index is 11.5. The first-order valence-corrected chi connectivity index (χ1v) is 23.0. The number of hydrogen-bond acceptors (Lipinski definition) is 24. The maximum atomic E-state index is 11.5. The Bertz CT molecular complexity index is 3090. The summed E-state index contributed by atoms with van der Waals surface area (Å²) in [6.45, 7) is 7.87. The van der Waals surface area contributed by atoms with E-state index in [1.807, 2.05) is 89.8 Å². The number of methoxy groups -OCH3 is 1. The Kier molecular flexibility index (Phi) is 20.6. The lowest BCUT2D eigenvalue weighted by Crippen LogP contribution is -2.19. The highest BCUT2D eigenvalue weighted by atomic mass is 79.9. The van der Waals surface area contributed by atoms with Gasteiger partial charge in [-0.3, -0.25) is 25.1 Å². The van der Waals surface area contributed by atoms with Gasteiger partial charge < -0.3 is 28.6 Å². The molecule has 0 fully saturated rings. The summed E-state index contributed by atoms with van der Waals surface area (Å²) in [5.41, 5.74) is 9.37. The molecule has 0 unspecified atom stereocenters. The monoisotopic (exact) mass is 1080 g/mol. The molecule has 25 nitrogen and oxygen atoms in total. The Morgan fingerprint density at radius 1 is 0.587 bits per heavy atom. The van der Waals surface area contributed by atoms with Gasteiger partial charge in [0.2, 0.25) is 0 Å². The molecule has 0 atom stereocenters. The van der Waals surface area contributed by atoms with Gasteiger partial charge in [-0.2, -0.15) is 19.9 Å². The van der Waals surface area contributed by atoms with E-state index in [4.69, 9.17) is 29.2 Å². The lowest BCUT2D eigenvalue weighted by Gasteiger charge is -2.19. The van der Waals surface area contributed by atoms with Crippen molar-refractivity contribution in [3.8, 4) is 0 Å². The number of nitrogen functional groups attached to an aromatic ring is 1. The number of carbonyl (C=O) groups excluding carboxylic acids is 2. The van der Waals surface area contributed by atoms with Crippen LogP contribution in [-0.2, 0) is 17.8 Å². The van der Waals surface area contributed by atoms with Crippen molar-refractivity contribution in [2.45, 2.75) is 40.8 Å². The van der Waals surface area contributed by atoms with Gasteiger partial charge in [0.25, 0.3) is 5.91 Å². The van der Waals surface area contributed by atoms with Crippen molar-refractivity contribution < 1.29 is 39.1 Å². The van der Waals surface area contributed by atoms with E-state index < -0.39 is 5.91 Å². The second-order valence-corrected chi connectivity index (χ2v) is 15.8. The van der Waals surface area contributed by atoms with Crippen LogP contribution in [0.2, 0.25) is 0 Å². The van der Waals surface area contributed by atoms with Gasteiger partial charge in [0, 0.05) is 31.8 Å². The number of nitrogens with two attached hydrogens (primary N) is 1. The predicted molar refractivity (Wildman–Crippen MR) is 276 cm³/mol. The topological polar surface area (TPSA) is 327 Å². The third-order valence-corrected chi connectivity index (χ3v) is 9.79. The fourth-order valence-corrected chi connectivity index (χ4v) is 6.19. The molecule has 386 valence electrons. The number of hydroxylamine groups is 1. The molecule has 26 heteroatoms. The number of aryl methyl sites for hydroxylation is 4. The minimum absolute atomic E-state index is 0. The number of anilines is 7. The molecular weight excluding hydrogens is 1030 g/mol. The molecule has 0 saturated heterocycles. The van der Waals surface area contributed by atoms with Crippen LogP contribution < -0.4 is 26.3 Å². The first-order valence-electron chi connectivity index (χ1n) is 22.2. The SMILES string of the molecule is Brc1ccccn1.COC(=O)c1ccc(CN(c2ccccn2)c2nc(C)no2)cc1.Cc1noc(N(Cc2ccc(C(=O)NO)cc2)c2ccccn2)n1.Cc1noc(N)n1.Cc1noc(Nc2ccccn2)n1.[2HH]. The Morgan fingerprint density at radius 2 is 1.05 bits per heavy atom. The third kappa shape index (κ3) is 17.8. The van der Waals surface area contributed by atoms with Gasteiger partial charge in [0.15, 0.2) is 23.3 Å². The van der Waals surface area contributed by atoms with Crippen LogP contribution in [0.25, 0.3) is 0 Å². The van der Waals surface area contributed by atoms with Gasteiger partial charge in [0.05, 0.1) is 25.8 Å². The van der Waals surface area contributed by atoms with Crippen molar-refractivity contribution in [2.75, 3.05) is 28.0 Å². The second kappa shape index (κ2) is 28.3. The van der Waals surface area contributed by atoms with E-state index in [1.54, 1.807) is 99.3 Å². The lowest BCUT2D eigenvalue weighted by atomic mass is 10.1. The quantitative estimate of drug-likeness (QED) is 0.0384. The Balaban J connectivity index is 0.000000190. The molecule has 10 rings (SSSR count). The lowest BCUT2D eigenvalue weighted by molar-refractivity contribution is 0.0600. The number of rotatable bonds is 12. The van der Waals surface area contributed by atoms with Crippen molar-refractivity contribution in [3.63, 3.8) is 0 Å². The Morgan fingerprint density at radius 3 is 1.40 bits per heavy atom. The fraction of sp³-hybridized carbons (Fsp3) is 0.143. The highest BCUT2D eigenvalue weighted by molar-refractivity contribution is 9.10. The van der Waals surface area contributed by atoms with Gasteiger partial charge in [-0.25, -0.2) is 30.2 Å². The van der Waals surface area contributed by atoms with E-state index in [2.05, 4.69) is 86.3 Å². The van der Waals surface area contributed by atoms with Crippen molar-refractivity contribution in [3.05, 3.63) is 196 Å². The predicted octanol–water partition coefficient (Wildman–Crippen LogP) is 8.70. The summed E-state index contributed by atoms with van der Waals surface area (Å²) in [5, 5.41) is 26.2. The van der Waals surface area contributed by atoms with Crippen LogP contribution in [0.1, 0.15) is 56.6 Å². The number of nitrogens with one attached hydrogen (secondary N) is 2. The summed E-state index contributed by atoms with van der Waals surface area (Å²) < 4.78 is 25.4. The number of carbonyl (C=O) groups is 2. The molecule has 0 radical (unpaired) electrons. The van der Waals surface area contributed by atoms with Gasteiger partial charge in [-0.15, -0.1) is 0 Å². The number of pyridine rings is 4. The van der Waals surface area contributed by atoms with Crippen LogP contribution in [-0.4, -0.2) is 84.7 Å². The molecule has 0 aliphatic heterocycles. The minimum atomic E-state index is -0.560. The molecule has 5 N–H and O–H groups in total. The van der Waals surface area contributed by atoms with E-state index in [9.17, 15) is 9.59 Å². The third-order valence-electron chi connectivity index (χ3n) is 9.32. The van der Waals surface area contributed by atoms with Gasteiger partial charge in [-0.05, 0) is 128 Å². The molecule has 2 aromatic carbocycles. The number of aromatic nitrogens is 12. The standard InChI is InChI=1S/C17H16N4O3.C16H15N5O3.C8H8N4O.C5H4BrN.C3H5N3O.H2/c1-12-19-17(24-20-12)21(15-5-3-4-10-18-15)11-13-6-8-14(9-7-13)16(22)23-2;1-11-18-16(24-20-11)21(14-4-2-3-9-17-14)10-12-5-7-13(8-6-12)15(22)19-23;1-6-10-8(13-12-6)11-7-4-2-3-5-9-7;6-5-3-1-2-4-7-5;1-2-5-3(4)7-6-2;/h3-10H,11H2,1-2H3;2-9,23H,10H2,1H3,(H,19,22);2-5H,1H3,(H,9,10,11,12);1-4H;1H3,(H2,4,5,6);1H/i;;;;;1+1. The zero-order valence-corrected chi connectivity index (χ0v) is 42.4. The summed E-state index contributed by atoms with van der Waals surface area (Å²) in [6.07, 6.45) is 6.81. The molecule has 0 aliphatic carbocycles. The number of nitrogens with zero attached hydrogens (tertiary/aromatic N) is 14. The molecule has 1 amide bonds. The van der Waals surface area contributed by atoms with Crippen LogP contribution in [0.4, 0.5) is 41.5 Å². The molecule has 75 heavy (non-hydrogen) atoms. The van der Waals surface area contributed by atoms with Gasteiger partial charge >= 0.3 is 30.0 Å². The molecule has 10 aromatic rings. The average Bonchev–Trinajstić information content (AvgIpc) is 4.27. The summed E-state index contributed by atoms with van der Waals surface area (Å²) >= 11 is 3.20. The summed E-state index contributed by atoms with van der Waals surface area (Å²) in [6, 6.07) is 37.5. The zero-order chi connectivity index (χ0) is 53.4. The van der Waals surface area contributed by atoms with Crippen molar-refractivity contribution in [1.29, 1.82) is 0 Å². The number of esters is 1. The van der Waals surface area contributed by atoms with Crippen molar-refractivity contribution >= 4 is 69.3 Å². The summed E-state index contributed by atoms with van der Waals surface area (Å²) in [4.78, 5) is 59.2. The molecule has 8 heterocycles. The second-order valence-electron chi connectivity index (χ2n) is 14.9. The van der Waals surface area contributed by atoms with E-state index in [1.165, 1.54) is 7.11 Å². The zero-order valence-electron chi connectivity index (χ0n) is 40.8. The molecule has 0 saturated carbocycles. The number of hydrogen-bond donors (Lipinski definition) is 4. The van der Waals surface area contributed by atoms with Crippen LogP contribution in [0.3, 0.4) is 0 Å². The molecule has 0 aliphatic rings. The number of ether oxygens (including phenoxy) is 1. The van der Waals surface area contributed by atoms with E-state index in [0.29, 0.717) is 83.0 Å². The highest BCUT2D eigenvalue weighted by Gasteiger charge is 2.19. The highest BCUT2D eigenvalue weighted by Crippen LogP contribution is 2.26. The van der Waals surface area contributed by atoms with Crippen LogP contribution in [0.5, 0.6) is 0 Å². The average molecular weight is 1090 g/mol. The van der Waals surface area contributed by atoms with Crippen molar-refractivity contribution in [1.82, 2.24) is 66.0 Å². The smallest absolute Gasteiger partial charge is 0.337 e. The molecule has 8 aromatic heterocycles. The van der Waals surface area contributed by atoms with Crippen molar-refractivity contribution in [2.24, 2.45) is 0 Å². The summed E-state index contributed by atoms with van der Waals surface area (Å²) in [5.74, 6) is 3.36. The fourth-order valence-electron chi connectivity index (χ4n) is 5.92. The van der Waals surface area contributed by atoms with Crippen LogP contribution in [0, 0.1) is 27.7 Å². The molecular formula is C49H50BrN17O8. The minimum Gasteiger partial charge on any atom is -0.465 e. The van der Waals surface area contributed by atoms with E-state index in [0.717, 1.165) is 15.7 Å². The largest absolute Gasteiger partial charge is 0.465 e. The number of benzene rings is 2. The van der Waals surface area contributed by atoms with Gasteiger partial charge in [-0.1, -0.05) is 69.2 Å². The molecule has 0 bridgehead atoms. The Hall–Kier alpha value is -9.82. The Labute approximate surface area is 437 Å².